The Morgan fingerprint density at radius 2 is 1.75 bits per heavy atom. The van der Waals surface area contributed by atoms with Crippen molar-refractivity contribution < 1.29 is 14.3 Å². The first kappa shape index (κ1) is 18.7. The second-order valence-electron chi connectivity index (χ2n) is 6.80. The molecule has 7 heteroatoms. The minimum absolute atomic E-state index is 0.00411. The lowest BCUT2D eigenvalue weighted by atomic mass is 10.2. The summed E-state index contributed by atoms with van der Waals surface area (Å²) in [4.78, 5) is 32.0. The summed E-state index contributed by atoms with van der Waals surface area (Å²) in [5, 5.41) is 0. The Kier molecular flexibility index (Phi) is 5.43. The number of ether oxygens (including phenoxy) is 1. The smallest absolute Gasteiger partial charge is 0.242 e. The average molecular weight is 398 g/mol. The van der Waals surface area contributed by atoms with E-state index < -0.39 is 0 Å². The number of nitrogens with zero attached hydrogens (tertiary/aromatic N) is 3. The SMILES string of the molecule is COc1ccc(N2CCN(C(=O)CN3C(=O)CSc4ccccc43)CC2)cc1. The van der Waals surface area contributed by atoms with E-state index in [9.17, 15) is 9.59 Å². The molecular weight excluding hydrogens is 374 g/mol. The molecule has 6 nitrogen and oxygen atoms in total. The molecule has 0 bridgehead atoms. The maximum atomic E-state index is 12.8. The van der Waals surface area contributed by atoms with Gasteiger partial charge in [-0.15, -0.1) is 11.8 Å². The van der Waals surface area contributed by atoms with Crippen molar-refractivity contribution >= 4 is 35.0 Å². The second kappa shape index (κ2) is 8.14. The van der Waals surface area contributed by atoms with Crippen LogP contribution in [0, 0.1) is 0 Å². The van der Waals surface area contributed by atoms with Crippen LogP contribution in [0.4, 0.5) is 11.4 Å². The molecule has 0 atom stereocenters. The Hall–Kier alpha value is -2.67. The summed E-state index contributed by atoms with van der Waals surface area (Å²) in [7, 11) is 1.66. The van der Waals surface area contributed by atoms with E-state index in [0.717, 1.165) is 35.1 Å². The van der Waals surface area contributed by atoms with Crippen molar-refractivity contribution in [2.45, 2.75) is 4.90 Å². The van der Waals surface area contributed by atoms with E-state index in [0.29, 0.717) is 18.8 Å². The van der Waals surface area contributed by atoms with E-state index in [1.54, 1.807) is 12.0 Å². The third-order valence-electron chi connectivity index (χ3n) is 5.17. The molecule has 0 unspecified atom stereocenters. The summed E-state index contributed by atoms with van der Waals surface area (Å²) < 4.78 is 5.21. The fourth-order valence-corrected chi connectivity index (χ4v) is 4.51. The monoisotopic (exact) mass is 397 g/mol. The summed E-state index contributed by atoms with van der Waals surface area (Å²) in [6.45, 7) is 2.97. The van der Waals surface area contributed by atoms with Crippen LogP contribution in [-0.2, 0) is 9.59 Å². The number of hydrogen-bond donors (Lipinski definition) is 0. The number of methoxy groups -OCH3 is 1. The topological polar surface area (TPSA) is 53.1 Å². The fraction of sp³-hybridized carbons (Fsp3) is 0.333. The molecule has 0 saturated carbocycles. The molecule has 2 aromatic rings. The van der Waals surface area contributed by atoms with Crippen molar-refractivity contribution in [1.82, 2.24) is 4.90 Å². The lowest BCUT2D eigenvalue weighted by Crippen LogP contribution is -2.52. The van der Waals surface area contributed by atoms with Crippen molar-refractivity contribution in [1.29, 1.82) is 0 Å². The molecule has 1 fully saturated rings. The van der Waals surface area contributed by atoms with Gasteiger partial charge in [0.2, 0.25) is 11.8 Å². The van der Waals surface area contributed by atoms with Gasteiger partial charge in [-0.3, -0.25) is 9.59 Å². The van der Waals surface area contributed by atoms with Gasteiger partial charge in [0.25, 0.3) is 0 Å². The van der Waals surface area contributed by atoms with Crippen LogP contribution in [-0.4, -0.2) is 62.3 Å². The molecule has 2 heterocycles. The van der Waals surface area contributed by atoms with Gasteiger partial charge in [0.15, 0.2) is 0 Å². The van der Waals surface area contributed by atoms with Crippen LogP contribution in [0.25, 0.3) is 0 Å². The van der Waals surface area contributed by atoms with Crippen molar-refractivity contribution in [3.8, 4) is 5.75 Å². The van der Waals surface area contributed by atoms with Crippen LogP contribution < -0.4 is 14.5 Å². The number of amides is 2. The summed E-state index contributed by atoms with van der Waals surface area (Å²) in [6.07, 6.45) is 0. The number of benzene rings is 2. The third-order valence-corrected chi connectivity index (χ3v) is 6.22. The lowest BCUT2D eigenvalue weighted by Gasteiger charge is -2.37. The first-order valence-electron chi connectivity index (χ1n) is 9.34. The normalized spacial score (nSPS) is 16.8. The zero-order valence-corrected chi connectivity index (χ0v) is 16.7. The fourth-order valence-electron chi connectivity index (χ4n) is 3.57. The van der Waals surface area contributed by atoms with Gasteiger partial charge in [-0.05, 0) is 36.4 Å². The first-order valence-corrected chi connectivity index (χ1v) is 10.3. The number of hydrogen-bond acceptors (Lipinski definition) is 5. The Balaban J connectivity index is 1.37. The van der Waals surface area contributed by atoms with Gasteiger partial charge in [0.05, 0.1) is 18.6 Å². The van der Waals surface area contributed by atoms with Gasteiger partial charge in [0.1, 0.15) is 12.3 Å². The molecule has 0 radical (unpaired) electrons. The Labute approximate surface area is 169 Å². The van der Waals surface area contributed by atoms with E-state index in [2.05, 4.69) is 4.90 Å². The number of carbonyl (C=O) groups is 2. The minimum Gasteiger partial charge on any atom is -0.497 e. The molecule has 4 rings (SSSR count). The molecule has 146 valence electrons. The first-order chi connectivity index (χ1) is 13.7. The van der Waals surface area contributed by atoms with E-state index in [1.165, 1.54) is 11.8 Å². The number of piperazine rings is 1. The van der Waals surface area contributed by atoms with Crippen molar-refractivity contribution in [2.75, 3.05) is 55.4 Å². The van der Waals surface area contributed by atoms with Crippen molar-refractivity contribution in [2.24, 2.45) is 0 Å². The lowest BCUT2D eigenvalue weighted by molar-refractivity contribution is -0.131. The third kappa shape index (κ3) is 3.80. The van der Waals surface area contributed by atoms with E-state index in [1.807, 2.05) is 53.4 Å². The van der Waals surface area contributed by atoms with Gasteiger partial charge >= 0.3 is 0 Å². The van der Waals surface area contributed by atoms with Crippen LogP contribution in [0.5, 0.6) is 5.75 Å². The summed E-state index contributed by atoms with van der Waals surface area (Å²) in [5.74, 6) is 1.22. The van der Waals surface area contributed by atoms with Crippen LogP contribution in [0.3, 0.4) is 0 Å². The van der Waals surface area contributed by atoms with Crippen molar-refractivity contribution in [3.63, 3.8) is 0 Å². The molecular formula is C21H23N3O3S. The largest absolute Gasteiger partial charge is 0.497 e. The number of carbonyl (C=O) groups excluding carboxylic acids is 2. The van der Waals surface area contributed by atoms with Gasteiger partial charge in [-0.25, -0.2) is 0 Å². The zero-order valence-electron chi connectivity index (χ0n) is 15.8. The zero-order chi connectivity index (χ0) is 19.5. The maximum Gasteiger partial charge on any atom is 0.242 e. The molecule has 0 aromatic heterocycles. The summed E-state index contributed by atoms with van der Waals surface area (Å²) in [6, 6.07) is 15.7. The number of fused-ring (bicyclic) bond motifs is 1. The average Bonchev–Trinajstić information content (AvgIpc) is 2.76. The highest BCUT2D eigenvalue weighted by atomic mass is 32.2. The Morgan fingerprint density at radius 1 is 1.04 bits per heavy atom. The van der Waals surface area contributed by atoms with Gasteiger partial charge < -0.3 is 19.4 Å². The summed E-state index contributed by atoms with van der Waals surface area (Å²) in [5.41, 5.74) is 1.97. The van der Waals surface area contributed by atoms with Gasteiger partial charge in [0, 0.05) is 36.8 Å². The van der Waals surface area contributed by atoms with Gasteiger partial charge in [-0.2, -0.15) is 0 Å². The van der Waals surface area contributed by atoms with Gasteiger partial charge in [-0.1, -0.05) is 12.1 Å². The van der Waals surface area contributed by atoms with Crippen molar-refractivity contribution in [3.05, 3.63) is 48.5 Å². The van der Waals surface area contributed by atoms with E-state index in [4.69, 9.17) is 4.74 Å². The van der Waals surface area contributed by atoms with Crippen LogP contribution in [0.2, 0.25) is 0 Å². The highest BCUT2D eigenvalue weighted by Gasteiger charge is 2.29. The molecule has 2 aliphatic rings. The number of rotatable bonds is 4. The number of anilines is 2. The van der Waals surface area contributed by atoms with Crippen LogP contribution in [0.1, 0.15) is 0 Å². The summed E-state index contributed by atoms with van der Waals surface area (Å²) >= 11 is 1.53. The Morgan fingerprint density at radius 3 is 2.46 bits per heavy atom. The van der Waals surface area contributed by atoms with E-state index in [-0.39, 0.29) is 18.4 Å². The van der Waals surface area contributed by atoms with E-state index >= 15 is 0 Å². The molecule has 0 spiro atoms. The molecule has 0 N–H and O–H groups in total. The molecule has 2 aliphatic heterocycles. The Bertz CT molecular complexity index is 863. The standard InChI is InChI=1S/C21H23N3O3S/c1-27-17-8-6-16(7-9-17)22-10-12-23(13-11-22)20(25)14-24-18-4-2-3-5-19(18)28-15-21(24)26/h2-9H,10-15H2,1H3. The van der Waals surface area contributed by atoms with Crippen LogP contribution >= 0.6 is 11.8 Å². The predicted octanol–water partition coefficient (Wildman–Crippen LogP) is 2.48. The molecule has 0 aliphatic carbocycles. The van der Waals surface area contributed by atoms with Crippen LogP contribution in [0.15, 0.2) is 53.4 Å². The molecule has 1 saturated heterocycles. The highest BCUT2D eigenvalue weighted by molar-refractivity contribution is 8.00. The molecule has 2 amide bonds. The highest BCUT2D eigenvalue weighted by Crippen LogP contribution is 2.34. The second-order valence-corrected chi connectivity index (χ2v) is 7.82. The maximum absolute atomic E-state index is 12.8. The quantitative estimate of drug-likeness (QED) is 0.793. The predicted molar refractivity (Wildman–Crippen MR) is 111 cm³/mol. The number of para-hydroxylation sites is 1. The molecule has 2 aromatic carbocycles. The number of thioether (sulfide) groups is 1. The molecule has 28 heavy (non-hydrogen) atoms. The minimum atomic E-state index is -0.00563.